The summed E-state index contributed by atoms with van der Waals surface area (Å²) in [4.78, 5) is 31.9. The Morgan fingerprint density at radius 2 is 2.05 bits per heavy atom. The Balaban J connectivity index is 2.87. The van der Waals surface area contributed by atoms with E-state index < -0.39 is 5.41 Å². The van der Waals surface area contributed by atoms with Crippen LogP contribution in [0.2, 0.25) is 0 Å². The summed E-state index contributed by atoms with van der Waals surface area (Å²) < 4.78 is 0. The largest absolute Gasteiger partial charge is 0.334 e. The maximum atomic E-state index is 12.2. The summed E-state index contributed by atoms with van der Waals surface area (Å²) >= 11 is 0. The molecule has 0 fully saturated rings. The Hall–Kier alpha value is -2.40. The number of aromatic nitrogens is 1. The summed E-state index contributed by atoms with van der Waals surface area (Å²) in [5, 5.41) is 3.39. The Morgan fingerprint density at radius 3 is 2.60 bits per heavy atom. The fraction of sp³-hybridized carbons (Fsp3) is 0.462. The van der Waals surface area contributed by atoms with E-state index in [1.54, 1.807) is 27.8 Å². The Labute approximate surface area is 117 Å². The molecule has 0 saturated carbocycles. The van der Waals surface area contributed by atoms with E-state index in [2.05, 4.69) is 15.0 Å². The molecular weight excluding hydrogens is 258 g/mol. The van der Waals surface area contributed by atoms with E-state index in [0.717, 1.165) is 0 Å². The van der Waals surface area contributed by atoms with Gasteiger partial charge in [0.2, 0.25) is 0 Å². The van der Waals surface area contributed by atoms with E-state index in [-0.39, 0.29) is 29.5 Å². The first-order valence-electron chi connectivity index (χ1n) is 6.04. The van der Waals surface area contributed by atoms with Gasteiger partial charge in [0.05, 0.1) is 17.8 Å². The van der Waals surface area contributed by atoms with Crippen molar-refractivity contribution in [2.45, 2.75) is 20.8 Å². The third-order valence-corrected chi connectivity index (χ3v) is 2.69. The van der Waals surface area contributed by atoms with Gasteiger partial charge in [0.25, 0.3) is 5.91 Å². The number of carbonyl (C=O) groups is 2. The van der Waals surface area contributed by atoms with Crippen LogP contribution in [0.5, 0.6) is 0 Å². The molecule has 0 radical (unpaired) electrons. The molecule has 0 bridgehead atoms. The van der Waals surface area contributed by atoms with Crippen LogP contribution in [0.3, 0.4) is 0 Å². The van der Waals surface area contributed by atoms with Crippen molar-refractivity contribution >= 4 is 17.4 Å². The number of carbonyl (C=O) groups excluding carboxylic acids is 2. The van der Waals surface area contributed by atoms with Crippen LogP contribution in [-0.2, 0) is 4.79 Å². The molecule has 7 heteroatoms. The van der Waals surface area contributed by atoms with Gasteiger partial charge in [-0.15, -0.1) is 0 Å². The van der Waals surface area contributed by atoms with Gasteiger partial charge >= 0.3 is 0 Å². The number of amides is 1. The van der Waals surface area contributed by atoms with Crippen molar-refractivity contribution in [3.63, 3.8) is 0 Å². The minimum Gasteiger partial charge on any atom is -0.334 e. The third-order valence-electron chi connectivity index (χ3n) is 2.69. The average molecular weight is 275 g/mol. The molecule has 7 nitrogen and oxygen atoms in total. The molecule has 20 heavy (non-hydrogen) atoms. The molecule has 1 rings (SSSR count). The number of Topliss-reactive ketones (excluding diaryl/α,β-unsaturated/α-hetero) is 1. The molecule has 0 aliphatic rings. The number of nitrogens with zero attached hydrogens (tertiary/aromatic N) is 5. The van der Waals surface area contributed by atoms with E-state index in [0.29, 0.717) is 0 Å². The maximum absolute atomic E-state index is 12.2. The quantitative estimate of drug-likeness (QED) is 0.479. The van der Waals surface area contributed by atoms with Crippen LogP contribution in [0.15, 0.2) is 23.6 Å². The van der Waals surface area contributed by atoms with Gasteiger partial charge in [-0.1, -0.05) is 25.9 Å². The highest BCUT2D eigenvalue weighted by Gasteiger charge is 2.24. The normalized spacial score (nSPS) is 10.6. The average Bonchev–Trinajstić information content (AvgIpc) is 2.37. The zero-order valence-corrected chi connectivity index (χ0v) is 12.0. The highest BCUT2D eigenvalue weighted by molar-refractivity contribution is 5.97. The van der Waals surface area contributed by atoms with E-state index in [1.165, 1.54) is 23.4 Å². The van der Waals surface area contributed by atoms with Crippen LogP contribution in [0, 0.1) is 5.41 Å². The zero-order valence-electron chi connectivity index (χ0n) is 12.0. The van der Waals surface area contributed by atoms with Gasteiger partial charge in [-0.05, 0) is 11.6 Å². The van der Waals surface area contributed by atoms with Gasteiger partial charge in [-0.3, -0.25) is 14.6 Å². The first-order chi connectivity index (χ1) is 9.25. The minimum atomic E-state index is -0.500. The number of hydrogen-bond donors (Lipinski definition) is 0. The molecule has 1 heterocycles. The van der Waals surface area contributed by atoms with Crippen molar-refractivity contribution in [3.8, 4) is 0 Å². The number of hydrogen-bond acceptors (Lipinski definition) is 4. The fourth-order valence-electron chi connectivity index (χ4n) is 1.40. The lowest BCUT2D eigenvalue weighted by atomic mass is 9.90. The molecule has 0 N–H and O–H groups in total. The van der Waals surface area contributed by atoms with Crippen molar-refractivity contribution in [1.29, 1.82) is 0 Å². The van der Waals surface area contributed by atoms with Gasteiger partial charge in [-0.25, -0.2) is 0 Å². The monoisotopic (exact) mass is 275 g/mol. The van der Waals surface area contributed by atoms with Gasteiger partial charge in [-0.2, -0.15) is 0 Å². The van der Waals surface area contributed by atoms with E-state index >= 15 is 0 Å². The first-order valence-corrected chi connectivity index (χ1v) is 6.04. The molecule has 1 amide bonds. The van der Waals surface area contributed by atoms with Gasteiger partial charge in [0.1, 0.15) is 0 Å². The SMILES string of the molecule is CN(CC(=O)C(C)(C)C)C(=O)c1cncc(N=[N+]=[N-])c1. The predicted octanol–water partition coefficient (Wildman–Crippen LogP) is 2.71. The van der Waals surface area contributed by atoms with Crippen molar-refractivity contribution in [1.82, 2.24) is 9.88 Å². The van der Waals surface area contributed by atoms with Crippen molar-refractivity contribution < 1.29 is 9.59 Å². The second-order valence-electron chi connectivity index (χ2n) is 5.46. The number of ketones is 1. The highest BCUT2D eigenvalue weighted by Crippen LogP contribution is 2.17. The summed E-state index contributed by atoms with van der Waals surface area (Å²) in [7, 11) is 1.55. The molecule has 0 saturated heterocycles. The van der Waals surface area contributed by atoms with Crippen molar-refractivity contribution in [3.05, 3.63) is 34.5 Å². The van der Waals surface area contributed by atoms with Crippen molar-refractivity contribution in [2.24, 2.45) is 10.5 Å². The predicted molar refractivity (Wildman–Crippen MR) is 74.5 cm³/mol. The molecule has 0 aliphatic carbocycles. The molecule has 0 aliphatic heterocycles. The molecule has 1 aromatic heterocycles. The summed E-state index contributed by atoms with van der Waals surface area (Å²) in [6, 6.07) is 1.44. The Bertz CT molecular complexity index is 570. The second-order valence-corrected chi connectivity index (χ2v) is 5.46. The zero-order chi connectivity index (χ0) is 15.3. The molecule has 0 unspecified atom stereocenters. The molecule has 0 atom stereocenters. The maximum Gasteiger partial charge on any atom is 0.255 e. The van der Waals surface area contributed by atoms with Crippen LogP contribution >= 0.6 is 0 Å². The van der Waals surface area contributed by atoms with Crippen LogP contribution < -0.4 is 0 Å². The Kier molecular flexibility index (Phi) is 4.83. The lowest BCUT2D eigenvalue weighted by molar-refractivity contribution is -0.126. The van der Waals surface area contributed by atoms with Gasteiger partial charge in [0, 0.05) is 29.8 Å². The number of azide groups is 1. The minimum absolute atomic E-state index is 0.0219. The topological polar surface area (TPSA) is 99.0 Å². The lowest BCUT2D eigenvalue weighted by Crippen LogP contribution is -2.37. The van der Waals surface area contributed by atoms with E-state index in [9.17, 15) is 9.59 Å². The number of pyridine rings is 1. The van der Waals surface area contributed by atoms with Crippen LogP contribution in [-0.4, -0.2) is 35.2 Å². The van der Waals surface area contributed by atoms with Crippen LogP contribution in [0.1, 0.15) is 31.1 Å². The summed E-state index contributed by atoms with van der Waals surface area (Å²) in [5.74, 6) is -0.377. The number of likely N-dealkylation sites (N-methyl/N-ethyl adjacent to an activating group) is 1. The molecule has 0 spiro atoms. The second kappa shape index (κ2) is 6.16. The lowest BCUT2D eigenvalue weighted by Gasteiger charge is -2.22. The van der Waals surface area contributed by atoms with Gasteiger partial charge in [0.15, 0.2) is 5.78 Å². The first kappa shape index (κ1) is 15.7. The smallest absolute Gasteiger partial charge is 0.255 e. The molecule has 106 valence electrons. The Morgan fingerprint density at radius 1 is 1.40 bits per heavy atom. The third kappa shape index (κ3) is 4.07. The van der Waals surface area contributed by atoms with E-state index in [1.807, 2.05) is 0 Å². The fourth-order valence-corrected chi connectivity index (χ4v) is 1.40. The number of rotatable bonds is 4. The van der Waals surface area contributed by atoms with Crippen molar-refractivity contribution in [2.75, 3.05) is 13.6 Å². The van der Waals surface area contributed by atoms with E-state index in [4.69, 9.17) is 5.53 Å². The van der Waals surface area contributed by atoms with Crippen LogP contribution in [0.25, 0.3) is 10.4 Å². The summed E-state index contributed by atoms with van der Waals surface area (Å²) in [6.07, 6.45) is 2.73. The van der Waals surface area contributed by atoms with Gasteiger partial charge < -0.3 is 4.90 Å². The molecular formula is C13H17N5O2. The summed E-state index contributed by atoms with van der Waals surface area (Å²) in [6.45, 7) is 5.43. The molecule has 1 aromatic rings. The molecule has 0 aromatic carbocycles. The standard InChI is InChI=1S/C13H17N5O2/c1-13(2,3)11(19)8-18(4)12(20)9-5-10(16-17-14)7-15-6-9/h5-7H,8H2,1-4H3. The van der Waals surface area contributed by atoms with Crippen LogP contribution in [0.4, 0.5) is 5.69 Å². The summed E-state index contributed by atoms with van der Waals surface area (Å²) in [5.41, 5.74) is 8.39. The highest BCUT2D eigenvalue weighted by atomic mass is 16.2.